The average Bonchev–Trinajstić information content (AvgIpc) is 2.66. The van der Waals surface area contributed by atoms with E-state index >= 15 is 0 Å². The minimum absolute atomic E-state index is 0.702. The highest BCUT2D eigenvalue weighted by Gasteiger charge is 2.03. The van der Waals surface area contributed by atoms with Crippen molar-refractivity contribution in [2.45, 2.75) is 6.92 Å². The summed E-state index contributed by atoms with van der Waals surface area (Å²) in [4.78, 5) is 4.44. The highest BCUT2D eigenvalue weighted by molar-refractivity contribution is 7.22. The molecule has 0 aliphatic rings. The summed E-state index contributed by atoms with van der Waals surface area (Å²) in [6.45, 7) is 4.21. The number of ether oxygens (including phenoxy) is 1. The van der Waals surface area contributed by atoms with Crippen LogP contribution in [0.15, 0.2) is 18.2 Å². The predicted octanol–water partition coefficient (Wildman–Crippen LogP) is 3.40. The summed E-state index contributed by atoms with van der Waals surface area (Å²) in [7, 11) is 0. The van der Waals surface area contributed by atoms with Crippen LogP contribution in [-0.4, -0.2) is 24.7 Å². The first-order chi connectivity index (χ1) is 7.79. The predicted molar refractivity (Wildman–Crippen MR) is 69.6 cm³/mol. The van der Waals surface area contributed by atoms with Crippen molar-refractivity contribution in [3.05, 3.63) is 23.2 Å². The Hall–Kier alpha value is -0.840. The molecule has 0 bridgehead atoms. The van der Waals surface area contributed by atoms with Crippen LogP contribution in [0, 0.1) is 0 Å². The molecule has 5 heteroatoms. The lowest BCUT2D eigenvalue weighted by molar-refractivity contribution is 0.158. The van der Waals surface area contributed by atoms with E-state index in [-0.39, 0.29) is 0 Å². The summed E-state index contributed by atoms with van der Waals surface area (Å²) < 4.78 is 6.38. The number of hydrogen-bond donors (Lipinski definition) is 1. The minimum Gasteiger partial charge on any atom is -0.380 e. The summed E-state index contributed by atoms with van der Waals surface area (Å²) in [5, 5.41) is 4.86. The van der Waals surface area contributed by atoms with E-state index in [0.29, 0.717) is 6.61 Å². The zero-order valence-corrected chi connectivity index (χ0v) is 10.6. The highest BCUT2D eigenvalue weighted by Crippen LogP contribution is 2.27. The standard InChI is InChI=1S/C11H13ClN2OS/c1-2-15-6-5-13-11-14-9-7-8(12)3-4-10(9)16-11/h3-4,7H,2,5-6H2,1H3,(H,13,14). The smallest absolute Gasteiger partial charge is 0.183 e. The van der Waals surface area contributed by atoms with Crippen LogP contribution in [0.2, 0.25) is 5.02 Å². The molecule has 1 N–H and O–H groups in total. The van der Waals surface area contributed by atoms with Gasteiger partial charge in [0.1, 0.15) is 0 Å². The molecule has 0 spiro atoms. The van der Waals surface area contributed by atoms with Gasteiger partial charge >= 0.3 is 0 Å². The van der Waals surface area contributed by atoms with Gasteiger partial charge in [-0.05, 0) is 25.1 Å². The van der Waals surface area contributed by atoms with Crippen LogP contribution in [0.25, 0.3) is 10.2 Å². The first-order valence-corrected chi connectivity index (χ1v) is 6.36. The van der Waals surface area contributed by atoms with Crippen LogP contribution in [0.1, 0.15) is 6.92 Å². The Morgan fingerprint density at radius 3 is 3.19 bits per heavy atom. The quantitative estimate of drug-likeness (QED) is 0.833. The molecule has 0 saturated carbocycles. The number of nitrogens with zero attached hydrogens (tertiary/aromatic N) is 1. The second-order valence-electron chi connectivity index (χ2n) is 3.25. The summed E-state index contributed by atoms with van der Waals surface area (Å²) >= 11 is 7.53. The second kappa shape index (κ2) is 5.48. The number of rotatable bonds is 5. The maximum absolute atomic E-state index is 5.90. The number of fused-ring (bicyclic) bond motifs is 1. The lowest BCUT2D eigenvalue weighted by Gasteiger charge is -2.01. The van der Waals surface area contributed by atoms with E-state index in [9.17, 15) is 0 Å². The molecule has 0 saturated heterocycles. The van der Waals surface area contributed by atoms with E-state index in [0.717, 1.165) is 33.5 Å². The zero-order chi connectivity index (χ0) is 11.4. The molecule has 0 radical (unpaired) electrons. The first kappa shape index (κ1) is 11.6. The Morgan fingerprint density at radius 1 is 1.50 bits per heavy atom. The fourth-order valence-electron chi connectivity index (χ4n) is 1.35. The molecule has 3 nitrogen and oxygen atoms in total. The average molecular weight is 257 g/mol. The first-order valence-electron chi connectivity index (χ1n) is 5.17. The molecule has 1 aromatic carbocycles. The van der Waals surface area contributed by atoms with E-state index in [4.69, 9.17) is 16.3 Å². The third-order valence-corrected chi connectivity index (χ3v) is 3.31. The molecule has 0 atom stereocenters. The number of halogens is 1. The van der Waals surface area contributed by atoms with Crippen molar-refractivity contribution < 1.29 is 4.74 Å². The largest absolute Gasteiger partial charge is 0.380 e. The summed E-state index contributed by atoms with van der Waals surface area (Å²) in [6, 6.07) is 5.75. The topological polar surface area (TPSA) is 34.1 Å². The number of benzene rings is 1. The molecule has 86 valence electrons. The van der Waals surface area contributed by atoms with Gasteiger partial charge in [0.05, 0.1) is 16.8 Å². The number of aromatic nitrogens is 1. The monoisotopic (exact) mass is 256 g/mol. The van der Waals surface area contributed by atoms with Gasteiger partial charge in [-0.25, -0.2) is 4.98 Å². The van der Waals surface area contributed by atoms with E-state index in [1.165, 1.54) is 0 Å². The zero-order valence-electron chi connectivity index (χ0n) is 9.00. The maximum atomic E-state index is 5.90. The van der Waals surface area contributed by atoms with Gasteiger partial charge in [-0.2, -0.15) is 0 Å². The van der Waals surface area contributed by atoms with Gasteiger partial charge in [0.25, 0.3) is 0 Å². The van der Waals surface area contributed by atoms with Crippen LogP contribution in [0.3, 0.4) is 0 Å². The fourth-order valence-corrected chi connectivity index (χ4v) is 2.39. The number of nitrogens with one attached hydrogen (secondary N) is 1. The maximum Gasteiger partial charge on any atom is 0.183 e. The van der Waals surface area contributed by atoms with E-state index in [1.54, 1.807) is 11.3 Å². The highest BCUT2D eigenvalue weighted by atomic mass is 35.5. The molecular formula is C11H13ClN2OS. The normalized spacial score (nSPS) is 10.9. The molecule has 0 amide bonds. The molecule has 2 aromatic rings. The van der Waals surface area contributed by atoms with E-state index in [1.807, 2.05) is 25.1 Å². The van der Waals surface area contributed by atoms with Crippen molar-refractivity contribution in [3.63, 3.8) is 0 Å². The van der Waals surface area contributed by atoms with Crippen molar-refractivity contribution in [2.24, 2.45) is 0 Å². The van der Waals surface area contributed by atoms with Crippen molar-refractivity contribution in [2.75, 3.05) is 25.1 Å². The third-order valence-electron chi connectivity index (χ3n) is 2.08. The molecule has 0 aliphatic heterocycles. The molecule has 1 heterocycles. The molecular weight excluding hydrogens is 244 g/mol. The van der Waals surface area contributed by atoms with Gasteiger partial charge in [-0.3, -0.25) is 0 Å². The van der Waals surface area contributed by atoms with Crippen molar-refractivity contribution >= 4 is 38.3 Å². The van der Waals surface area contributed by atoms with Crippen LogP contribution in [0.5, 0.6) is 0 Å². The van der Waals surface area contributed by atoms with Gasteiger partial charge in [-0.15, -0.1) is 0 Å². The van der Waals surface area contributed by atoms with E-state index in [2.05, 4.69) is 10.3 Å². The van der Waals surface area contributed by atoms with Crippen LogP contribution >= 0.6 is 22.9 Å². The van der Waals surface area contributed by atoms with Crippen LogP contribution in [-0.2, 0) is 4.74 Å². The van der Waals surface area contributed by atoms with Crippen molar-refractivity contribution in [1.82, 2.24) is 4.98 Å². The SMILES string of the molecule is CCOCCNc1nc2cc(Cl)ccc2s1. The number of thiazole rings is 1. The van der Waals surface area contributed by atoms with E-state index < -0.39 is 0 Å². The Bertz CT molecular complexity index is 472. The van der Waals surface area contributed by atoms with Crippen LogP contribution in [0.4, 0.5) is 5.13 Å². The Kier molecular flexibility index (Phi) is 3.98. The fraction of sp³-hybridized carbons (Fsp3) is 0.364. The van der Waals surface area contributed by atoms with Crippen molar-refractivity contribution in [1.29, 1.82) is 0 Å². The van der Waals surface area contributed by atoms with Gasteiger partial charge in [0.2, 0.25) is 0 Å². The molecule has 0 fully saturated rings. The lowest BCUT2D eigenvalue weighted by Crippen LogP contribution is -2.08. The summed E-state index contributed by atoms with van der Waals surface area (Å²) in [5.41, 5.74) is 0.941. The molecule has 2 rings (SSSR count). The number of anilines is 1. The second-order valence-corrected chi connectivity index (χ2v) is 4.72. The van der Waals surface area contributed by atoms with Gasteiger partial charge < -0.3 is 10.1 Å². The summed E-state index contributed by atoms with van der Waals surface area (Å²) in [6.07, 6.45) is 0. The van der Waals surface area contributed by atoms with Crippen molar-refractivity contribution in [3.8, 4) is 0 Å². The molecule has 0 aliphatic carbocycles. The molecule has 16 heavy (non-hydrogen) atoms. The Balaban J connectivity index is 2.02. The van der Waals surface area contributed by atoms with Gasteiger partial charge in [0, 0.05) is 18.2 Å². The number of hydrogen-bond acceptors (Lipinski definition) is 4. The third kappa shape index (κ3) is 2.84. The van der Waals surface area contributed by atoms with Crippen LogP contribution < -0.4 is 5.32 Å². The summed E-state index contributed by atoms with van der Waals surface area (Å²) in [5.74, 6) is 0. The Labute approximate surface area is 103 Å². The van der Waals surface area contributed by atoms with Gasteiger partial charge in [0.15, 0.2) is 5.13 Å². The molecule has 1 aromatic heterocycles. The minimum atomic E-state index is 0.702. The Morgan fingerprint density at radius 2 is 2.38 bits per heavy atom. The van der Waals surface area contributed by atoms with Gasteiger partial charge in [-0.1, -0.05) is 22.9 Å². The lowest BCUT2D eigenvalue weighted by atomic mass is 10.3. The molecule has 0 unspecified atom stereocenters.